The van der Waals surface area contributed by atoms with Crippen LogP contribution in [0.15, 0.2) is 0 Å². The average Bonchev–Trinajstić information content (AvgIpc) is 2.10. The molecule has 0 saturated carbocycles. The molecule has 0 aliphatic heterocycles. The van der Waals surface area contributed by atoms with Gasteiger partial charge in [-0.05, 0) is 6.42 Å². The van der Waals surface area contributed by atoms with Crippen LogP contribution >= 0.6 is 0 Å². The number of ether oxygens (including phenoxy) is 1. The van der Waals surface area contributed by atoms with E-state index in [2.05, 4.69) is 11.7 Å². The normalized spacial score (nSPS) is 9.83. The van der Waals surface area contributed by atoms with Crippen LogP contribution in [0.1, 0.15) is 39.0 Å². The molecule has 0 amide bonds. The molecule has 12 heavy (non-hydrogen) atoms. The quantitative estimate of drug-likeness (QED) is 0.436. The molecule has 0 spiro atoms. The van der Waals surface area contributed by atoms with Crippen LogP contribution in [0.4, 0.5) is 0 Å². The van der Waals surface area contributed by atoms with E-state index in [1.165, 1.54) is 19.3 Å². The number of hydrogen-bond acceptors (Lipinski definition) is 2. The maximum atomic E-state index is 10.4. The van der Waals surface area contributed by atoms with Crippen molar-refractivity contribution in [1.29, 1.82) is 0 Å². The first-order valence-electron chi connectivity index (χ1n) is 4.55. The minimum atomic E-state index is -0.755. The summed E-state index contributed by atoms with van der Waals surface area (Å²) in [5.41, 5.74) is 0. The highest BCUT2D eigenvalue weighted by molar-refractivity contribution is 5.70. The van der Waals surface area contributed by atoms with Gasteiger partial charge in [-0.15, -0.1) is 0 Å². The van der Waals surface area contributed by atoms with Crippen molar-refractivity contribution in [3.05, 3.63) is 0 Å². The molecule has 0 saturated heterocycles. The van der Waals surface area contributed by atoms with Crippen LogP contribution in [0.3, 0.4) is 0 Å². The number of esters is 1. The van der Waals surface area contributed by atoms with Crippen molar-refractivity contribution < 1.29 is 14.6 Å². The fourth-order valence-electron chi connectivity index (χ4n) is 0.933. The van der Waals surface area contributed by atoms with E-state index in [-0.39, 0.29) is 0 Å². The van der Waals surface area contributed by atoms with Crippen molar-refractivity contribution in [3.63, 3.8) is 0 Å². The van der Waals surface area contributed by atoms with Crippen molar-refractivity contribution in [2.45, 2.75) is 39.0 Å². The molecular weight excluding hydrogens is 156 g/mol. The molecule has 0 atom stereocenters. The van der Waals surface area contributed by atoms with Crippen molar-refractivity contribution in [2.24, 2.45) is 0 Å². The number of hydrogen-bond donors (Lipinski definition) is 0. The van der Waals surface area contributed by atoms with E-state index >= 15 is 0 Å². The Hall–Kier alpha value is -0.570. The van der Waals surface area contributed by atoms with E-state index in [0.29, 0.717) is 6.61 Å². The lowest BCUT2D eigenvalue weighted by Crippen LogP contribution is -2.08. The summed E-state index contributed by atoms with van der Waals surface area (Å²) in [4.78, 5) is 10.4. The van der Waals surface area contributed by atoms with Gasteiger partial charge in [0.1, 0.15) is 0 Å². The van der Waals surface area contributed by atoms with E-state index in [9.17, 15) is 9.90 Å². The highest BCUT2D eigenvalue weighted by Crippen LogP contribution is 2.02. The number of unbranched alkanes of at least 4 members (excludes halogenated alkanes) is 4. The van der Waals surface area contributed by atoms with Crippen LogP contribution in [-0.4, -0.2) is 19.2 Å². The molecule has 0 unspecified atom stereocenters. The van der Waals surface area contributed by atoms with Gasteiger partial charge >= 0.3 is 5.97 Å². The monoisotopic (exact) mass is 173 g/mol. The Morgan fingerprint density at radius 1 is 1.17 bits per heavy atom. The topological polar surface area (TPSA) is 46.2 Å². The molecule has 0 fully saturated rings. The second-order valence-corrected chi connectivity index (χ2v) is 2.78. The van der Waals surface area contributed by atoms with Crippen molar-refractivity contribution >= 4 is 5.97 Å². The minimum Gasteiger partial charge on any atom is -0.464 e. The second kappa shape index (κ2) is 8.53. The molecule has 1 radical (unpaired) electrons. The number of carbonyl (C=O) groups excluding carboxylic acids is 1. The molecule has 0 rings (SSSR count). The fraction of sp³-hybridized carbons (Fsp3) is 0.889. The van der Waals surface area contributed by atoms with Gasteiger partial charge in [0.05, 0.1) is 6.61 Å². The molecule has 0 heterocycles. The predicted molar refractivity (Wildman–Crippen MR) is 45.3 cm³/mol. The minimum absolute atomic E-state index is 0.408. The van der Waals surface area contributed by atoms with Gasteiger partial charge in [-0.2, -0.15) is 0 Å². The summed E-state index contributed by atoms with van der Waals surface area (Å²) in [6.45, 7) is 1.80. The molecule has 0 bridgehead atoms. The zero-order chi connectivity index (χ0) is 9.23. The Morgan fingerprint density at radius 3 is 2.42 bits per heavy atom. The third-order valence-electron chi connectivity index (χ3n) is 1.63. The summed E-state index contributed by atoms with van der Waals surface area (Å²) in [6.07, 6.45) is 5.59. The summed E-state index contributed by atoms with van der Waals surface area (Å²) in [6, 6.07) is 0. The molecular formula is C9H17O3. The van der Waals surface area contributed by atoms with E-state index in [0.717, 1.165) is 12.8 Å². The highest BCUT2D eigenvalue weighted by atomic mass is 16.5. The lowest BCUT2D eigenvalue weighted by atomic mass is 10.2. The summed E-state index contributed by atoms with van der Waals surface area (Å²) in [5, 5.41) is 9.92. The molecule has 71 valence electrons. The first-order valence-corrected chi connectivity index (χ1v) is 4.55. The maximum Gasteiger partial charge on any atom is 0.335 e. The van der Waals surface area contributed by atoms with E-state index in [1.54, 1.807) is 0 Å². The summed E-state index contributed by atoms with van der Waals surface area (Å²) < 4.78 is 4.62. The van der Waals surface area contributed by atoms with Crippen molar-refractivity contribution in [2.75, 3.05) is 13.2 Å². The van der Waals surface area contributed by atoms with Crippen LogP contribution in [0.5, 0.6) is 0 Å². The predicted octanol–water partition coefficient (Wildman–Crippen LogP) is 1.93. The Labute approximate surface area is 73.7 Å². The first kappa shape index (κ1) is 11.4. The zero-order valence-corrected chi connectivity index (χ0v) is 7.67. The van der Waals surface area contributed by atoms with Gasteiger partial charge in [0.25, 0.3) is 0 Å². The Balaban J connectivity index is 2.95. The SMILES string of the molecule is CCCCCCCOC(=O)C[O]. The highest BCUT2D eigenvalue weighted by Gasteiger charge is 1.98. The molecule has 0 aliphatic carbocycles. The lowest BCUT2D eigenvalue weighted by molar-refractivity contribution is -0.149. The van der Waals surface area contributed by atoms with Gasteiger partial charge in [-0.25, -0.2) is 9.90 Å². The standard InChI is InChI=1S/C9H17O3/c1-2-3-4-5-6-7-12-9(11)8-10/h2-8H2,1H3. The average molecular weight is 173 g/mol. The Bertz CT molecular complexity index is 112. The molecule has 3 nitrogen and oxygen atoms in total. The molecule has 3 heteroatoms. The van der Waals surface area contributed by atoms with Crippen LogP contribution in [0.25, 0.3) is 0 Å². The van der Waals surface area contributed by atoms with Crippen LogP contribution in [0.2, 0.25) is 0 Å². The molecule has 0 aromatic heterocycles. The van der Waals surface area contributed by atoms with Gasteiger partial charge in [0.15, 0.2) is 6.61 Å². The molecule has 0 aromatic carbocycles. The van der Waals surface area contributed by atoms with E-state index < -0.39 is 12.6 Å². The van der Waals surface area contributed by atoms with E-state index in [4.69, 9.17) is 0 Å². The van der Waals surface area contributed by atoms with Gasteiger partial charge < -0.3 is 4.74 Å². The number of carbonyl (C=O) groups is 1. The zero-order valence-electron chi connectivity index (χ0n) is 7.67. The second-order valence-electron chi connectivity index (χ2n) is 2.78. The van der Waals surface area contributed by atoms with Crippen LogP contribution < -0.4 is 0 Å². The largest absolute Gasteiger partial charge is 0.464 e. The summed E-state index contributed by atoms with van der Waals surface area (Å²) in [7, 11) is 0. The van der Waals surface area contributed by atoms with Gasteiger partial charge in [0.2, 0.25) is 0 Å². The lowest BCUT2D eigenvalue weighted by Gasteiger charge is -2.01. The van der Waals surface area contributed by atoms with Gasteiger partial charge in [-0.1, -0.05) is 32.6 Å². The first-order chi connectivity index (χ1) is 5.81. The van der Waals surface area contributed by atoms with Crippen molar-refractivity contribution in [1.82, 2.24) is 0 Å². The van der Waals surface area contributed by atoms with E-state index in [1.807, 2.05) is 0 Å². The van der Waals surface area contributed by atoms with Crippen molar-refractivity contribution in [3.8, 4) is 0 Å². The Kier molecular flexibility index (Phi) is 8.12. The van der Waals surface area contributed by atoms with Gasteiger partial charge in [-0.3, -0.25) is 0 Å². The summed E-state index contributed by atoms with van der Waals surface area (Å²) in [5.74, 6) is -0.634. The molecule has 0 aromatic rings. The third-order valence-corrected chi connectivity index (χ3v) is 1.63. The maximum absolute atomic E-state index is 10.4. The smallest absolute Gasteiger partial charge is 0.335 e. The Morgan fingerprint density at radius 2 is 1.83 bits per heavy atom. The van der Waals surface area contributed by atoms with Crippen LogP contribution in [0, 0.1) is 0 Å². The third kappa shape index (κ3) is 7.54. The van der Waals surface area contributed by atoms with Crippen LogP contribution in [-0.2, 0) is 14.6 Å². The fourth-order valence-corrected chi connectivity index (χ4v) is 0.933. The van der Waals surface area contributed by atoms with Gasteiger partial charge in [0, 0.05) is 0 Å². The summed E-state index contributed by atoms with van der Waals surface area (Å²) >= 11 is 0. The molecule has 0 aliphatic rings. The number of rotatable bonds is 7. The molecule has 0 N–H and O–H groups in total.